The van der Waals surface area contributed by atoms with Crippen LogP contribution in [0.2, 0.25) is 0 Å². The summed E-state index contributed by atoms with van der Waals surface area (Å²) in [7, 11) is 1.32. The van der Waals surface area contributed by atoms with Gasteiger partial charge in [-0.2, -0.15) is 5.10 Å². The van der Waals surface area contributed by atoms with E-state index >= 15 is 0 Å². The maximum Gasteiger partial charge on any atom is 0.411 e. The highest BCUT2D eigenvalue weighted by Crippen LogP contribution is 2.46. The number of anilines is 2. The largest absolute Gasteiger partial charge is 0.453 e. The van der Waals surface area contributed by atoms with E-state index < -0.39 is 12.0 Å². The average molecular weight is 451 g/mol. The van der Waals surface area contributed by atoms with Gasteiger partial charge in [-0.15, -0.1) is 0 Å². The molecule has 3 aromatic rings. The van der Waals surface area contributed by atoms with Gasteiger partial charge in [-0.25, -0.2) is 9.31 Å². The van der Waals surface area contributed by atoms with E-state index in [0.717, 1.165) is 29.5 Å². The predicted octanol–water partition coefficient (Wildman–Crippen LogP) is 3.60. The number of fused-ring (bicyclic) bond motifs is 1. The van der Waals surface area contributed by atoms with Crippen LogP contribution in [-0.4, -0.2) is 40.3 Å². The highest BCUT2D eigenvalue weighted by molar-refractivity contribution is 6.02. The van der Waals surface area contributed by atoms with E-state index in [1.165, 1.54) is 13.3 Å². The molecule has 33 heavy (non-hydrogen) atoms. The third-order valence-electron chi connectivity index (χ3n) is 7.17. The first-order valence-electron chi connectivity index (χ1n) is 10.9. The molecule has 0 bridgehead atoms. The molecule has 1 aromatic carbocycles. The molecule has 9 nitrogen and oxygen atoms in total. The molecule has 0 saturated heterocycles. The van der Waals surface area contributed by atoms with E-state index in [9.17, 15) is 9.59 Å². The van der Waals surface area contributed by atoms with Gasteiger partial charge in [-0.05, 0) is 43.5 Å². The highest BCUT2D eigenvalue weighted by Gasteiger charge is 2.49. The lowest BCUT2D eigenvalue weighted by atomic mass is 9.75. The molecule has 4 rings (SSSR count). The number of carbonyl (C=O) groups is 2. The predicted molar refractivity (Wildman–Crippen MR) is 128 cm³/mol. The van der Waals surface area contributed by atoms with Crippen molar-refractivity contribution in [3.63, 3.8) is 0 Å². The molecule has 0 radical (unpaired) electrons. The Morgan fingerprint density at radius 1 is 1.18 bits per heavy atom. The third kappa shape index (κ3) is 4.00. The monoisotopic (exact) mass is 450 g/mol. The van der Waals surface area contributed by atoms with Crippen LogP contribution in [0.3, 0.4) is 0 Å². The maximum absolute atomic E-state index is 12.2. The zero-order valence-electron chi connectivity index (χ0n) is 19.3. The lowest BCUT2D eigenvalue weighted by molar-refractivity contribution is 0.100. The normalized spacial score (nSPS) is 21.7. The van der Waals surface area contributed by atoms with Gasteiger partial charge in [0, 0.05) is 34.4 Å². The van der Waals surface area contributed by atoms with Crippen LogP contribution >= 0.6 is 0 Å². The van der Waals surface area contributed by atoms with Crippen molar-refractivity contribution in [3.05, 3.63) is 48.3 Å². The van der Waals surface area contributed by atoms with Crippen LogP contribution in [0, 0.1) is 5.41 Å². The molecule has 0 aliphatic heterocycles. The molecular weight excluding hydrogens is 420 g/mol. The Balaban J connectivity index is 1.72. The van der Waals surface area contributed by atoms with Crippen molar-refractivity contribution >= 4 is 28.9 Å². The quantitative estimate of drug-likeness (QED) is 0.469. The number of benzene rings is 1. The van der Waals surface area contributed by atoms with E-state index in [2.05, 4.69) is 41.2 Å². The number of rotatable bonds is 5. The second kappa shape index (κ2) is 8.08. The Kier molecular flexibility index (Phi) is 5.53. The first-order valence-corrected chi connectivity index (χ1v) is 10.9. The molecular formula is C24H30N6O3. The highest BCUT2D eigenvalue weighted by atomic mass is 16.5. The van der Waals surface area contributed by atoms with Gasteiger partial charge in [0.15, 0.2) is 0 Å². The topological polar surface area (TPSA) is 137 Å². The third-order valence-corrected chi connectivity index (χ3v) is 7.17. The maximum atomic E-state index is 12.2. The minimum Gasteiger partial charge on any atom is -0.453 e. The number of hydrogen-bond acceptors (Lipinski definition) is 6. The van der Waals surface area contributed by atoms with Gasteiger partial charge in [0.1, 0.15) is 0 Å². The van der Waals surface area contributed by atoms with Crippen LogP contribution in [0.15, 0.2) is 42.7 Å². The second-order valence-corrected chi connectivity index (χ2v) is 9.42. The van der Waals surface area contributed by atoms with Crippen LogP contribution in [0.1, 0.15) is 44.0 Å². The molecule has 1 aliphatic rings. The summed E-state index contributed by atoms with van der Waals surface area (Å²) < 4.78 is 6.35. The van der Waals surface area contributed by atoms with Crippen molar-refractivity contribution in [2.24, 2.45) is 16.9 Å². The summed E-state index contributed by atoms with van der Waals surface area (Å²) in [5, 5.41) is 10.6. The van der Waals surface area contributed by atoms with E-state index in [0.29, 0.717) is 16.9 Å². The minimum absolute atomic E-state index is 0.0684. The molecule has 1 saturated carbocycles. The summed E-state index contributed by atoms with van der Waals surface area (Å²) in [6.07, 6.45) is 4.62. The van der Waals surface area contributed by atoms with E-state index in [4.69, 9.17) is 11.5 Å². The number of amides is 2. The van der Waals surface area contributed by atoms with Gasteiger partial charge in [-0.3, -0.25) is 10.1 Å². The summed E-state index contributed by atoms with van der Waals surface area (Å²) in [5.74, 6) is -0.542. The molecule has 1 aliphatic carbocycles. The van der Waals surface area contributed by atoms with E-state index in [-0.39, 0.29) is 17.0 Å². The molecule has 2 amide bonds. The Hall–Kier alpha value is -3.59. The Labute approximate surface area is 192 Å². The molecule has 174 valence electrons. The standard InChI is InChI=1S/C24H30N6O3/c1-23(2)19(9-10-24(23,3)26)29-20-17(21(25)31)12-27-30-13-15(11-18(20)30)14-5-7-16(8-6-14)28-22(32)33-4/h5-8,11-13,19,29H,9-10,26H2,1-4H3,(H2,25,31)(H,28,32)/t19-,24+/m1/s1. The summed E-state index contributed by atoms with van der Waals surface area (Å²) in [5.41, 5.74) is 15.9. The second-order valence-electron chi connectivity index (χ2n) is 9.42. The number of primary amides is 1. The first kappa shape index (κ1) is 22.6. The van der Waals surface area contributed by atoms with E-state index in [1.54, 1.807) is 16.6 Å². The fourth-order valence-corrected chi connectivity index (χ4v) is 4.42. The lowest BCUT2D eigenvalue weighted by Gasteiger charge is -2.39. The van der Waals surface area contributed by atoms with Crippen LogP contribution in [-0.2, 0) is 4.74 Å². The van der Waals surface area contributed by atoms with Crippen molar-refractivity contribution < 1.29 is 14.3 Å². The van der Waals surface area contributed by atoms with Gasteiger partial charge >= 0.3 is 6.09 Å². The summed E-state index contributed by atoms with van der Waals surface area (Å²) in [6, 6.07) is 9.40. The van der Waals surface area contributed by atoms with Crippen LogP contribution in [0.25, 0.3) is 16.6 Å². The molecule has 9 heteroatoms. The van der Waals surface area contributed by atoms with Crippen molar-refractivity contribution in [2.45, 2.75) is 45.2 Å². The Bertz CT molecular complexity index is 1210. The van der Waals surface area contributed by atoms with Gasteiger partial charge < -0.3 is 21.5 Å². The van der Waals surface area contributed by atoms with Crippen molar-refractivity contribution in [2.75, 3.05) is 17.7 Å². The molecule has 2 heterocycles. The minimum atomic E-state index is -0.542. The molecule has 0 spiro atoms. The lowest BCUT2D eigenvalue weighted by Crippen LogP contribution is -2.51. The molecule has 0 unspecified atom stereocenters. The molecule has 2 aromatic heterocycles. The number of aromatic nitrogens is 2. The summed E-state index contributed by atoms with van der Waals surface area (Å²) in [4.78, 5) is 23.6. The number of hydrogen-bond donors (Lipinski definition) is 4. The fraction of sp³-hybridized carbons (Fsp3) is 0.375. The van der Waals surface area contributed by atoms with Crippen LogP contribution < -0.4 is 22.1 Å². The zero-order valence-corrected chi connectivity index (χ0v) is 19.3. The molecule has 1 fully saturated rings. The smallest absolute Gasteiger partial charge is 0.411 e. The van der Waals surface area contributed by atoms with Gasteiger partial charge in [0.2, 0.25) is 0 Å². The SMILES string of the molecule is COC(=O)Nc1ccc(-c2cc3c(N[C@@H]4CC[C@](C)(N)C4(C)C)c(C(N)=O)cnn3c2)cc1. The number of nitrogens with two attached hydrogens (primary N) is 2. The van der Waals surface area contributed by atoms with E-state index in [1.807, 2.05) is 24.4 Å². The number of ether oxygens (including phenoxy) is 1. The number of methoxy groups -OCH3 is 1. The Morgan fingerprint density at radius 2 is 1.88 bits per heavy atom. The van der Waals surface area contributed by atoms with Crippen LogP contribution in [0.5, 0.6) is 0 Å². The number of nitrogens with one attached hydrogen (secondary N) is 2. The van der Waals surface area contributed by atoms with Crippen molar-refractivity contribution in [3.8, 4) is 11.1 Å². The summed E-state index contributed by atoms with van der Waals surface area (Å²) in [6.45, 7) is 6.36. The van der Waals surface area contributed by atoms with Crippen LogP contribution in [0.4, 0.5) is 16.2 Å². The molecule has 2 atom stereocenters. The number of nitrogens with zero attached hydrogens (tertiary/aromatic N) is 2. The number of carbonyl (C=O) groups excluding carboxylic acids is 2. The van der Waals surface area contributed by atoms with Gasteiger partial charge in [0.25, 0.3) is 5.91 Å². The van der Waals surface area contributed by atoms with Crippen molar-refractivity contribution in [1.82, 2.24) is 9.61 Å². The zero-order chi connectivity index (χ0) is 24.0. The Morgan fingerprint density at radius 3 is 2.45 bits per heavy atom. The van der Waals surface area contributed by atoms with Crippen molar-refractivity contribution in [1.29, 1.82) is 0 Å². The fourth-order valence-electron chi connectivity index (χ4n) is 4.42. The first-order chi connectivity index (χ1) is 15.5. The molecule has 6 N–H and O–H groups in total. The summed E-state index contributed by atoms with van der Waals surface area (Å²) >= 11 is 0. The average Bonchev–Trinajstić information content (AvgIpc) is 3.28. The van der Waals surface area contributed by atoms with Gasteiger partial charge in [-0.1, -0.05) is 26.0 Å². The van der Waals surface area contributed by atoms with Gasteiger partial charge in [0.05, 0.1) is 30.1 Å².